The second kappa shape index (κ2) is 7.36. The van der Waals surface area contributed by atoms with E-state index in [2.05, 4.69) is 10.3 Å². The average molecular weight is 340 g/mol. The first-order chi connectivity index (χ1) is 12.0. The molecule has 0 saturated heterocycles. The Bertz CT molecular complexity index is 922. The number of aromatic nitrogens is 1. The third-order valence-electron chi connectivity index (χ3n) is 3.97. The summed E-state index contributed by atoms with van der Waals surface area (Å²) < 4.78 is 11.0. The van der Waals surface area contributed by atoms with Crippen LogP contribution in [-0.4, -0.2) is 29.3 Å². The molecule has 130 valence electrons. The van der Waals surface area contributed by atoms with Crippen LogP contribution in [0.15, 0.2) is 51.9 Å². The molecule has 0 fully saturated rings. The number of ether oxygens (including phenoxy) is 1. The number of hydrogen-bond donors (Lipinski definition) is 2. The summed E-state index contributed by atoms with van der Waals surface area (Å²) in [6.07, 6.45) is 2.67. The van der Waals surface area contributed by atoms with Gasteiger partial charge in [-0.2, -0.15) is 0 Å². The van der Waals surface area contributed by atoms with E-state index < -0.39 is 6.10 Å². The Kier molecular flexibility index (Phi) is 5.00. The zero-order valence-corrected chi connectivity index (χ0v) is 14.2. The molecule has 2 N–H and O–H groups in total. The number of aliphatic hydroxyl groups excluding tert-OH is 1. The molecule has 1 atom stereocenters. The molecule has 0 spiro atoms. The van der Waals surface area contributed by atoms with Gasteiger partial charge in [0.05, 0.1) is 0 Å². The van der Waals surface area contributed by atoms with E-state index in [4.69, 9.17) is 9.15 Å². The Hall–Kier alpha value is -2.86. The quantitative estimate of drug-likeness (QED) is 0.671. The summed E-state index contributed by atoms with van der Waals surface area (Å²) in [5.74, 6) is 0.587. The standard InChI is InChI=1S/C19H20N2O4/c1-12-9-18(23)25-19-13(2)17(4-3-16(12)19)24-11-15(22)10-21-14-5-7-20-8-6-14/h3-9,15,22H,10-11H2,1-2H3,(H,20,21). The molecule has 0 aliphatic carbocycles. The Balaban J connectivity index is 1.66. The van der Waals surface area contributed by atoms with Gasteiger partial charge < -0.3 is 19.6 Å². The van der Waals surface area contributed by atoms with E-state index in [-0.39, 0.29) is 12.2 Å². The zero-order valence-electron chi connectivity index (χ0n) is 14.2. The van der Waals surface area contributed by atoms with Gasteiger partial charge in [-0.15, -0.1) is 0 Å². The van der Waals surface area contributed by atoms with Crippen molar-refractivity contribution in [1.29, 1.82) is 0 Å². The summed E-state index contributed by atoms with van der Waals surface area (Å²) in [4.78, 5) is 15.5. The van der Waals surface area contributed by atoms with E-state index in [9.17, 15) is 9.90 Å². The van der Waals surface area contributed by atoms with Crippen LogP contribution in [0, 0.1) is 13.8 Å². The van der Waals surface area contributed by atoms with E-state index >= 15 is 0 Å². The average Bonchev–Trinajstić information content (AvgIpc) is 2.61. The molecule has 0 aliphatic heterocycles. The van der Waals surface area contributed by atoms with Crippen LogP contribution in [0.2, 0.25) is 0 Å². The van der Waals surface area contributed by atoms with Crippen LogP contribution in [0.25, 0.3) is 11.0 Å². The topological polar surface area (TPSA) is 84.6 Å². The van der Waals surface area contributed by atoms with Crippen LogP contribution in [0.1, 0.15) is 11.1 Å². The van der Waals surface area contributed by atoms with Crippen molar-refractivity contribution in [3.05, 3.63) is 64.3 Å². The fraction of sp³-hybridized carbons (Fsp3) is 0.263. The predicted octanol–water partition coefficient (Wildman–Crippen LogP) is 2.66. The van der Waals surface area contributed by atoms with Gasteiger partial charge in [-0.05, 0) is 43.7 Å². The predicted molar refractivity (Wildman–Crippen MR) is 96.2 cm³/mol. The molecule has 0 radical (unpaired) electrons. The van der Waals surface area contributed by atoms with Gasteiger partial charge >= 0.3 is 5.63 Å². The summed E-state index contributed by atoms with van der Waals surface area (Å²) in [6.45, 7) is 4.18. The molecular formula is C19H20N2O4. The number of nitrogens with one attached hydrogen (secondary N) is 1. The molecule has 0 aliphatic rings. The van der Waals surface area contributed by atoms with Crippen LogP contribution in [0.4, 0.5) is 5.69 Å². The van der Waals surface area contributed by atoms with Gasteiger partial charge in [0.2, 0.25) is 0 Å². The Labute approximate surface area is 145 Å². The zero-order chi connectivity index (χ0) is 17.8. The highest BCUT2D eigenvalue weighted by Crippen LogP contribution is 2.28. The van der Waals surface area contributed by atoms with Crippen LogP contribution in [0.5, 0.6) is 5.75 Å². The highest BCUT2D eigenvalue weighted by Gasteiger charge is 2.12. The van der Waals surface area contributed by atoms with E-state index in [1.807, 2.05) is 38.1 Å². The fourth-order valence-corrected chi connectivity index (χ4v) is 2.61. The summed E-state index contributed by atoms with van der Waals surface area (Å²) in [6, 6.07) is 8.80. The van der Waals surface area contributed by atoms with Gasteiger partial charge in [0.25, 0.3) is 0 Å². The highest BCUT2D eigenvalue weighted by molar-refractivity contribution is 5.84. The van der Waals surface area contributed by atoms with Crippen molar-refractivity contribution in [3.63, 3.8) is 0 Å². The van der Waals surface area contributed by atoms with Crippen LogP contribution in [0.3, 0.4) is 0 Å². The lowest BCUT2D eigenvalue weighted by molar-refractivity contribution is 0.117. The van der Waals surface area contributed by atoms with Gasteiger partial charge in [0.15, 0.2) is 0 Å². The molecule has 6 nitrogen and oxygen atoms in total. The van der Waals surface area contributed by atoms with Crippen LogP contribution in [-0.2, 0) is 0 Å². The number of hydrogen-bond acceptors (Lipinski definition) is 6. The number of fused-ring (bicyclic) bond motifs is 1. The van der Waals surface area contributed by atoms with Gasteiger partial charge in [-0.3, -0.25) is 4.98 Å². The molecule has 0 bridgehead atoms. The van der Waals surface area contributed by atoms with Crippen molar-refractivity contribution in [3.8, 4) is 5.75 Å². The minimum atomic E-state index is -0.687. The third-order valence-corrected chi connectivity index (χ3v) is 3.97. The molecule has 3 aromatic rings. The summed E-state index contributed by atoms with van der Waals surface area (Å²) in [5, 5.41) is 14.1. The number of anilines is 1. The molecular weight excluding hydrogens is 320 g/mol. The molecule has 1 aromatic carbocycles. The van der Waals surface area contributed by atoms with Crippen molar-refractivity contribution >= 4 is 16.7 Å². The maximum atomic E-state index is 11.6. The summed E-state index contributed by atoms with van der Waals surface area (Å²) >= 11 is 0. The first-order valence-electron chi connectivity index (χ1n) is 8.03. The van der Waals surface area contributed by atoms with Crippen molar-refractivity contribution in [2.75, 3.05) is 18.5 Å². The normalized spacial score (nSPS) is 12.1. The molecule has 6 heteroatoms. The minimum Gasteiger partial charge on any atom is -0.490 e. The van der Waals surface area contributed by atoms with Gasteiger partial charge in [0.1, 0.15) is 24.0 Å². The van der Waals surface area contributed by atoms with Crippen molar-refractivity contribution in [2.45, 2.75) is 20.0 Å². The number of aryl methyl sites for hydroxylation is 2. The first-order valence-corrected chi connectivity index (χ1v) is 8.03. The number of nitrogens with zero attached hydrogens (tertiary/aromatic N) is 1. The molecule has 0 amide bonds. The first kappa shape index (κ1) is 17.0. The second-order valence-electron chi connectivity index (χ2n) is 5.90. The number of aliphatic hydroxyl groups is 1. The van der Waals surface area contributed by atoms with Crippen LogP contribution >= 0.6 is 0 Å². The monoisotopic (exact) mass is 340 g/mol. The molecule has 2 aromatic heterocycles. The summed E-state index contributed by atoms with van der Waals surface area (Å²) in [7, 11) is 0. The smallest absolute Gasteiger partial charge is 0.336 e. The maximum absolute atomic E-state index is 11.6. The number of pyridine rings is 1. The lowest BCUT2D eigenvalue weighted by Crippen LogP contribution is -2.26. The lowest BCUT2D eigenvalue weighted by Gasteiger charge is -2.16. The van der Waals surface area contributed by atoms with Crippen molar-refractivity contribution in [2.24, 2.45) is 0 Å². The Morgan fingerprint density at radius 2 is 2.00 bits per heavy atom. The van der Waals surface area contributed by atoms with E-state index in [0.29, 0.717) is 17.9 Å². The molecule has 2 heterocycles. The SMILES string of the molecule is Cc1cc(=O)oc2c(C)c(OCC(O)CNc3ccncc3)ccc12. The minimum absolute atomic E-state index is 0.125. The van der Waals surface area contributed by atoms with Crippen molar-refractivity contribution in [1.82, 2.24) is 4.98 Å². The Morgan fingerprint density at radius 1 is 1.24 bits per heavy atom. The van der Waals surface area contributed by atoms with E-state index in [1.54, 1.807) is 12.4 Å². The third kappa shape index (κ3) is 3.97. The highest BCUT2D eigenvalue weighted by atomic mass is 16.5. The fourth-order valence-electron chi connectivity index (χ4n) is 2.61. The maximum Gasteiger partial charge on any atom is 0.336 e. The van der Waals surface area contributed by atoms with E-state index in [1.165, 1.54) is 6.07 Å². The second-order valence-corrected chi connectivity index (χ2v) is 5.90. The van der Waals surface area contributed by atoms with Gasteiger partial charge in [-0.1, -0.05) is 0 Å². The number of rotatable bonds is 6. The molecule has 25 heavy (non-hydrogen) atoms. The van der Waals surface area contributed by atoms with Gasteiger partial charge in [0, 0.05) is 41.6 Å². The summed E-state index contributed by atoms with van der Waals surface area (Å²) in [5.41, 5.74) is 2.63. The Morgan fingerprint density at radius 3 is 2.76 bits per heavy atom. The molecule has 1 unspecified atom stereocenters. The van der Waals surface area contributed by atoms with E-state index in [0.717, 1.165) is 22.2 Å². The lowest BCUT2D eigenvalue weighted by atomic mass is 10.1. The van der Waals surface area contributed by atoms with Gasteiger partial charge in [-0.25, -0.2) is 4.79 Å². The molecule has 3 rings (SSSR count). The van der Waals surface area contributed by atoms with Crippen molar-refractivity contribution < 1.29 is 14.3 Å². The largest absolute Gasteiger partial charge is 0.490 e. The molecule has 0 saturated carbocycles. The van der Waals surface area contributed by atoms with Crippen LogP contribution < -0.4 is 15.7 Å². The number of benzene rings is 1.